The topological polar surface area (TPSA) is 79.5 Å². The monoisotopic (exact) mass is 259 g/mol. The molecule has 1 heterocycles. The van der Waals surface area contributed by atoms with Crippen molar-refractivity contribution in [2.45, 2.75) is 18.9 Å². The normalized spacial score (nSPS) is 21.9. The van der Waals surface area contributed by atoms with Crippen LogP contribution in [0, 0.1) is 5.92 Å². The third-order valence-corrected chi connectivity index (χ3v) is 3.47. The summed E-state index contributed by atoms with van der Waals surface area (Å²) in [7, 11) is 0. The Hall–Kier alpha value is -2.30. The molecule has 0 unspecified atom stereocenters. The number of nitrogens with one attached hydrogen (secondary N) is 1. The number of carboxylic acids is 1. The molecule has 1 aliphatic rings. The van der Waals surface area contributed by atoms with Crippen LogP contribution in [-0.4, -0.2) is 23.0 Å². The van der Waals surface area contributed by atoms with Crippen molar-refractivity contribution < 1.29 is 19.1 Å². The second kappa shape index (κ2) is 4.42. The number of carboxylic acid groups (broad SMARTS) is 1. The Morgan fingerprint density at radius 1 is 1.26 bits per heavy atom. The summed E-state index contributed by atoms with van der Waals surface area (Å²) in [4.78, 5) is 22.6. The minimum absolute atomic E-state index is 0.0678. The van der Waals surface area contributed by atoms with Crippen molar-refractivity contribution in [2.75, 3.05) is 0 Å². The van der Waals surface area contributed by atoms with Crippen LogP contribution in [0.1, 0.15) is 23.4 Å². The van der Waals surface area contributed by atoms with E-state index >= 15 is 0 Å². The van der Waals surface area contributed by atoms with Crippen LogP contribution in [0.2, 0.25) is 0 Å². The first-order valence-corrected chi connectivity index (χ1v) is 6.16. The smallest absolute Gasteiger partial charge is 0.306 e. The Balaban J connectivity index is 1.66. The Morgan fingerprint density at radius 3 is 2.68 bits per heavy atom. The average Bonchev–Trinajstić information content (AvgIpc) is 2.76. The zero-order valence-corrected chi connectivity index (χ0v) is 10.1. The zero-order valence-electron chi connectivity index (χ0n) is 10.1. The highest BCUT2D eigenvalue weighted by Crippen LogP contribution is 2.28. The second-order valence-corrected chi connectivity index (χ2v) is 4.83. The summed E-state index contributed by atoms with van der Waals surface area (Å²) in [5.74, 6) is -1.15. The first-order valence-electron chi connectivity index (χ1n) is 6.16. The van der Waals surface area contributed by atoms with E-state index in [1.807, 2.05) is 18.2 Å². The molecule has 19 heavy (non-hydrogen) atoms. The Morgan fingerprint density at radius 2 is 2.00 bits per heavy atom. The van der Waals surface area contributed by atoms with E-state index in [1.165, 1.54) is 0 Å². The maximum absolute atomic E-state index is 11.9. The lowest BCUT2D eigenvalue weighted by Gasteiger charge is -2.32. The number of para-hydroxylation sites is 1. The van der Waals surface area contributed by atoms with Gasteiger partial charge in [0.05, 0.1) is 5.92 Å². The van der Waals surface area contributed by atoms with Crippen molar-refractivity contribution in [1.29, 1.82) is 0 Å². The molecule has 5 heteroatoms. The minimum atomic E-state index is -0.797. The Bertz CT molecular complexity index is 607. The van der Waals surface area contributed by atoms with Gasteiger partial charge in [-0.05, 0) is 25.0 Å². The van der Waals surface area contributed by atoms with Gasteiger partial charge in [0.1, 0.15) is 5.58 Å². The van der Waals surface area contributed by atoms with Gasteiger partial charge in [-0.2, -0.15) is 0 Å². The number of hydrogen-bond acceptors (Lipinski definition) is 3. The van der Waals surface area contributed by atoms with Gasteiger partial charge in [0, 0.05) is 11.4 Å². The van der Waals surface area contributed by atoms with Gasteiger partial charge in [0.15, 0.2) is 5.76 Å². The summed E-state index contributed by atoms with van der Waals surface area (Å²) in [6.45, 7) is 0. The van der Waals surface area contributed by atoms with Crippen molar-refractivity contribution in [1.82, 2.24) is 5.32 Å². The second-order valence-electron chi connectivity index (χ2n) is 4.83. The van der Waals surface area contributed by atoms with Crippen molar-refractivity contribution in [3.63, 3.8) is 0 Å². The molecular weight excluding hydrogens is 246 g/mol. The number of carbonyl (C=O) groups is 2. The van der Waals surface area contributed by atoms with Crippen LogP contribution in [0.25, 0.3) is 11.0 Å². The molecule has 1 amide bonds. The largest absolute Gasteiger partial charge is 0.481 e. The fraction of sp³-hybridized carbons (Fsp3) is 0.286. The van der Waals surface area contributed by atoms with Crippen LogP contribution in [-0.2, 0) is 4.79 Å². The molecule has 98 valence electrons. The van der Waals surface area contributed by atoms with Gasteiger partial charge in [-0.25, -0.2) is 0 Å². The molecule has 1 aromatic carbocycles. The van der Waals surface area contributed by atoms with Crippen LogP contribution in [0.15, 0.2) is 34.7 Å². The molecule has 5 nitrogen and oxygen atoms in total. The van der Waals surface area contributed by atoms with E-state index in [0.29, 0.717) is 18.4 Å². The zero-order chi connectivity index (χ0) is 13.4. The highest BCUT2D eigenvalue weighted by atomic mass is 16.4. The van der Waals surface area contributed by atoms with Crippen LogP contribution in [0.3, 0.4) is 0 Å². The van der Waals surface area contributed by atoms with Crippen LogP contribution >= 0.6 is 0 Å². The molecule has 1 aromatic heterocycles. The molecule has 1 aliphatic carbocycles. The number of furan rings is 1. The van der Waals surface area contributed by atoms with Gasteiger partial charge < -0.3 is 14.8 Å². The fourth-order valence-corrected chi connectivity index (χ4v) is 2.29. The molecule has 2 aromatic rings. The van der Waals surface area contributed by atoms with Gasteiger partial charge in [-0.3, -0.25) is 9.59 Å². The van der Waals surface area contributed by atoms with Gasteiger partial charge >= 0.3 is 5.97 Å². The predicted molar refractivity (Wildman–Crippen MR) is 67.8 cm³/mol. The Labute approximate surface area is 109 Å². The number of fused-ring (bicyclic) bond motifs is 1. The molecule has 0 radical (unpaired) electrons. The number of rotatable bonds is 3. The predicted octanol–water partition coefficient (Wildman–Crippen LogP) is 2.03. The molecule has 0 saturated heterocycles. The van der Waals surface area contributed by atoms with Crippen molar-refractivity contribution >= 4 is 22.8 Å². The van der Waals surface area contributed by atoms with E-state index in [0.717, 1.165) is 5.39 Å². The van der Waals surface area contributed by atoms with Crippen molar-refractivity contribution in [3.05, 3.63) is 36.1 Å². The molecule has 1 saturated carbocycles. The van der Waals surface area contributed by atoms with E-state index in [9.17, 15) is 9.59 Å². The summed E-state index contributed by atoms with van der Waals surface area (Å²) in [6, 6.07) is 9.02. The van der Waals surface area contributed by atoms with E-state index in [4.69, 9.17) is 9.52 Å². The first kappa shape index (κ1) is 11.8. The lowest BCUT2D eigenvalue weighted by molar-refractivity contribution is -0.145. The number of carbonyl (C=O) groups excluding carboxylic acids is 1. The molecule has 0 aliphatic heterocycles. The van der Waals surface area contributed by atoms with Crippen LogP contribution in [0.4, 0.5) is 0 Å². The molecule has 0 bridgehead atoms. The summed E-state index contributed by atoms with van der Waals surface area (Å²) in [5, 5.41) is 12.4. The molecule has 1 fully saturated rings. The third-order valence-electron chi connectivity index (χ3n) is 3.47. The van der Waals surface area contributed by atoms with E-state index in [1.54, 1.807) is 12.1 Å². The first-order chi connectivity index (χ1) is 9.13. The number of amides is 1. The van der Waals surface area contributed by atoms with E-state index in [-0.39, 0.29) is 23.6 Å². The standard InChI is InChI=1S/C14H13NO4/c16-13(15-10-5-9(6-10)14(17)18)12-7-8-3-1-2-4-11(8)19-12/h1-4,7,9-10H,5-6H2,(H,15,16)(H,17,18). The van der Waals surface area contributed by atoms with E-state index in [2.05, 4.69) is 5.32 Å². The average molecular weight is 259 g/mol. The molecular formula is C14H13NO4. The van der Waals surface area contributed by atoms with Gasteiger partial charge in [-0.15, -0.1) is 0 Å². The highest BCUT2D eigenvalue weighted by Gasteiger charge is 2.35. The third kappa shape index (κ3) is 2.19. The highest BCUT2D eigenvalue weighted by molar-refractivity contribution is 5.96. The maximum Gasteiger partial charge on any atom is 0.306 e. The Kier molecular flexibility index (Phi) is 2.74. The number of hydrogen-bond donors (Lipinski definition) is 2. The molecule has 3 rings (SSSR count). The number of aliphatic carboxylic acids is 1. The van der Waals surface area contributed by atoms with Gasteiger partial charge in [0.2, 0.25) is 0 Å². The van der Waals surface area contributed by atoms with Gasteiger partial charge in [-0.1, -0.05) is 18.2 Å². The quantitative estimate of drug-likeness (QED) is 0.883. The van der Waals surface area contributed by atoms with Crippen molar-refractivity contribution in [3.8, 4) is 0 Å². The maximum atomic E-state index is 11.9. The lowest BCUT2D eigenvalue weighted by atomic mass is 9.80. The van der Waals surface area contributed by atoms with E-state index < -0.39 is 5.97 Å². The molecule has 2 N–H and O–H groups in total. The van der Waals surface area contributed by atoms with Crippen LogP contribution < -0.4 is 5.32 Å². The number of benzene rings is 1. The minimum Gasteiger partial charge on any atom is -0.481 e. The van der Waals surface area contributed by atoms with Crippen molar-refractivity contribution in [2.24, 2.45) is 5.92 Å². The fourth-order valence-electron chi connectivity index (χ4n) is 2.29. The molecule has 0 atom stereocenters. The summed E-state index contributed by atoms with van der Waals surface area (Å²) >= 11 is 0. The van der Waals surface area contributed by atoms with Crippen LogP contribution in [0.5, 0.6) is 0 Å². The summed E-state index contributed by atoms with van der Waals surface area (Å²) in [5.41, 5.74) is 0.671. The van der Waals surface area contributed by atoms with Gasteiger partial charge in [0.25, 0.3) is 5.91 Å². The summed E-state index contributed by atoms with van der Waals surface area (Å²) in [6.07, 6.45) is 0.975. The molecule has 0 spiro atoms. The summed E-state index contributed by atoms with van der Waals surface area (Å²) < 4.78 is 5.45. The SMILES string of the molecule is O=C(NC1CC(C(=O)O)C1)c1cc2ccccc2o1. The lowest BCUT2D eigenvalue weighted by Crippen LogP contribution is -2.46.